The Kier molecular flexibility index (Phi) is 6.87. The average molecular weight is 346 g/mol. The number of hydrogen-bond acceptors (Lipinski definition) is 5. The van der Waals surface area contributed by atoms with Gasteiger partial charge >= 0.3 is 0 Å². The number of carbonyl (C=O) groups excluding carboxylic acids is 1. The van der Waals surface area contributed by atoms with Crippen molar-refractivity contribution in [1.29, 1.82) is 0 Å². The lowest BCUT2D eigenvalue weighted by Gasteiger charge is -2.07. The van der Waals surface area contributed by atoms with Crippen LogP contribution in [0, 0.1) is 6.92 Å². The Morgan fingerprint density at radius 2 is 2.12 bits per heavy atom. The number of ether oxygens (including phenoxy) is 1. The molecule has 0 aliphatic rings. The summed E-state index contributed by atoms with van der Waals surface area (Å²) in [5, 5.41) is 11.9. The number of allylic oxidation sites excluding steroid dienone is 1. The molecule has 0 aliphatic carbocycles. The fraction of sp³-hybridized carbons (Fsp3) is 0.353. The molecule has 24 heavy (non-hydrogen) atoms. The zero-order valence-electron chi connectivity index (χ0n) is 14.0. The van der Waals surface area contributed by atoms with Gasteiger partial charge in [-0.05, 0) is 38.1 Å². The first-order valence-corrected chi connectivity index (χ1v) is 8.78. The third-order valence-electron chi connectivity index (χ3n) is 3.22. The quantitative estimate of drug-likeness (QED) is 0.557. The highest BCUT2D eigenvalue weighted by Gasteiger charge is 2.09. The molecule has 1 heterocycles. The Labute approximate surface area is 146 Å². The van der Waals surface area contributed by atoms with E-state index in [-0.39, 0.29) is 5.91 Å². The molecule has 0 unspecified atom stereocenters. The molecule has 0 aliphatic heterocycles. The molecule has 1 aromatic carbocycles. The first-order valence-electron chi connectivity index (χ1n) is 7.80. The number of carbonyl (C=O) groups is 1. The van der Waals surface area contributed by atoms with Gasteiger partial charge in [0, 0.05) is 24.4 Å². The van der Waals surface area contributed by atoms with Crippen molar-refractivity contribution in [2.75, 3.05) is 17.7 Å². The maximum Gasteiger partial charge on any atom is 0.225 e. The van der Waals surface area contributed by atoms with Gasteiger partial charge in [-0.15, -0.1) is 16.8 Å². The van der Waals surface area contributed by atoms with E-state index >= 15 is 0 Å². The average Bonchev–Trinajstić information content (AvgIpc) is 2.91. The van der Waals surface area contributed by atoms with Gasteiger partial charge in [0.25, 0.3) is 0 Å². The normalized spacial score (nSPS) is 10.4. The Bertz CT molecular complexity index is 682. The van der Waals surface area contributed by atoms with Crippen LogP contribution in [0.2, 0.25) is 0 Å². The number of nitrogens with zero attached hydrogens (tertiary/aromatic N) is 3. The fourth-order valence-corrected chi connectivity index (χ4v) is 3.00. The van der Waals surface area contributed by atoms with Crippen molar-refractivity contribution in [3.63, 3.8) is 0 Å². The largest absolute Gasteiger partial charge is 0.494 e. The number of aromatic nitrogens is 3. The molecule has 0 saturated carbocycles. The zero-order valence-corrected chi connectivity index (χ0v) is 14.8. The standard InChI is InChI=1S/C17H22N4O2S/c1-4-11-21-13(3)19-20-17(21)24-12-10-16(22)18-14-6-8-15(9-7-14)23-5-2/h4,6-9H,1,5,10-12H2,2-3H3,(H,18,22). The second-order valence-corrected chi connectivity index (χ2v) is 6.10. The number of rotatable bonds is 9. The second-order valence-electron chi connectivity index (χ2n) is 5.03. The zero-order chi connectivity index (χ0) is 17.4. The van der Waals surface area contributed by atoms with E-state index in [1.54, 1.807) is 6.08 Å². The number of aryl methyl sites for hydroxylation is 1. The first kappa shape index (κ1) is 18.1. The number of benzene rings is 1. The van der Waals surface area contributed by atoms with E-state index in [0.29, 0.717) is 25.3 Å². The summed E-state index contributed by atoms with van der Waals surface area (Å²) in [6.07, 6.45) is 2.21. The molecular formula is C17H22N4O2S. The summed E-state index contributed by atoms with van der Waals surface area (Å²) in [6.45, 7) is 8.86. The van der Waals surface area contributed by atoms with Gasteiger partial charge in [-0.1, -0.05) is 17.8 Å². The minimum absolute atomic E-state index is 0.0295. The number of amides is 1. The number of thioether (sulfide) groups is 1. The maximum atomic E-state index is 12.0. The topological polar surface area (TPSA) is 69.0 Å². The fourth-order valence-electron chi connectivity index (χ4n) is 2.07. The molecule has 0 saturated heterocycles. The molecule has 6 nitrogen and oxygen atoms in total. The summed E-state index contributed by atoms with van der Waals surface area (Å²) in [5.41, 5.74) is 0.763. The van der Waals surface area contributed by atoms with E-state index in [2.05, 4.69) is 22.1 Å². The summed E-state index contributed by atoms with van der Waals surface area (Å²) in [5.74, 6) is 2.25. The van der Waals surface area contributed by atoms with Gasteiger partial charge in [0.2, 0.25) is 5.91 Å². The maximum absolute atomic E-state index is 12.0. The van der Waals surface area contributed by atoms with E-state index in [1.807, 2.05) is 42.7 Å². The summed E-state index contributed by atoms with van der Waals surface area (Å²) >= 11 is 1.52. The molecular weight excluding hydrogens is 324 g/mol. The van der Waals surface area contributed by atoms with E-state index in [4.69, 9.17) is 4.74 Å². The SMILES string of the molecule is C=CCn1c(C)nnc1SCCC(=O)Nc1ccc(OCC)cc1. The molecule has 2 rings (SSSR count). The van der Waals surface area contributed by atoms with Gasteiger partial charge in [0.15, 0.2) is 5.16 Å². The van der Waals surface area contributed by atoms with Crippen molar-refractivity contribution in [1.82, 2.24) is 14.8 Å². The monoisotopic (exact) mass is 346 g/mol. The molecule has 0 bridgehead atoms. The van der Waals surface area contributed by atoms with Crippen LogP contribution in [0.5, 0.6) is 5.75 Å². The molecule has 7 heteroatoms. The number of nitrogens with one attached hydrogen (secondary N) is 1. The molecule has 0 spiro atoms. The third kappa shape index (κ3) is 5.13. The highest BCUT2D eigenvalue weighted by molar-refractivity contribution is 7.99. The molecule has 0 fully saturated rings. The molecule has 0 radical (unpaired) electrons. The van der Waals surface area contributed by atoms with E-state index in [0.717, 1.165) is 22.4 Å². The van der Waals surface area contributed by atoms with Crippen LogP contribution in [0.4, 0.5) is 5.69 Å². The lowest BCUT2D eigenvalue weighted by molar-refractivity contribution is -0.115. The summed E-state index contributed by atoms with van der Waals surface area (Å²) in [4.78, 5) is 12.0. The number of hydrogen-bond donors (Lipinski definition) is 1. The van der Waals surface area contributed by atoms with Crippen molar-refractivity contribution in [3.05, 3.63) is 42.7 Å². The lowest BCUT2D eigenvalue weighted by atomic mass is 10.3. The van der Waals surface area contributed by atoms with Gasteiger partial charge < -0.3 is 14.6 Å². The highest BCUT2D eigenvalue weighted by Crippen LogP contribution is 2.19. The van der Waals surface area contributed by atoms with Crippen molar-refractivity contribution >= 4 is 23.4 Å². The first-order chi connectivity index (χ1) is 11.6. The van der Waals surface area contributed by atoms with Crippen LogP contribution in [0.1, 0.15) is 19.2 Å². The second kappa shape index (κ2) is 9.12. The van der Waals surface area contributed by atoms with Crippen LogP contribution in [0.15, 0.2) is 42.1 Å². The smallest absolute Gasteiger partial charge is 0.225 e. The van der Waals surface area contributed by atoms with Crippen molar-refractivity contribution < 1.29 is 9.53 Å². The van der Waals surface area contributed by atoms with Crippen LogP contribution in [0.25, 0.3) is 0 Å². The Morgan fingerprint density at radius 1 is 1.38 bits per heavy atom. The van der Waals surface area contributed by atoms with Crippen LogP contribution in [-0.2, 0) is 11.3 Å². The van der Waals surface area contributed by atoms with Gasteiger partial charge in [0.05, 0.1) is 6.61 Å². The Balaban J connectivity index is 1.80. The molecule has 2 aromatic rings. The van der Waals surface area contributed by atoms with Gasteiger partial charge in [0.1, 0.15) is 11.6 Å². The predicted octanol–water partition coefficient (Wildman–Crippen LogP) is 3.29. The van der Waals surface area contributed by atoms with E-state index in [9.17, 15) is 4.79 Å². The minimum Gasteiger partial charge on any atom is -0.494 e. The van der Waals surface area contributed by atoms with Crippen LogP contribution < -0.4 is 10.1 Å². The molecule has 1 N–H and O–H groups in total. The van der Waals surface area contributed by atoms with Gasteiger partial charge in [-0.3, -0.25) is 4.79 Å². The third-order valence-corrected chi connectivity index (χ3v) is 4.19. The predicted molar refractivity (Wildman–Crippen MR) is 96.5 cm³/mol. The number of anilines is 1. The summed E-state index contributed by atoms with van der Waals surface area (Å²) in [6, 6.07) is 7.35. The Morgan fingerprint density at radius 3 is 2.79 bits per heavy atom. The highest BCUT2D eigenvalue weighted by atomic mass is 32.2. The summed E-state index contributed by atoms with van der Waals surface area (Å²) < 4.78 is 7.35. The van der Waals surface area contributed by atoms with E-state index in [1.165, 1.54) is 11.8 Å². The molecule has 1 aromatic heterocycles. The van der Waals surface area contributed by atoms with E-state index < -0.39 is 0 Å². The molecule has 128 valence electrons. The minimum atomic E-state index is -0.0295. The summed E-state index contributed by atoms with van der Waals surface area (Å²) in [7, 11) is 0. The molecule has 1 amide bonds. The lowest BCUT2D eigenvalue weighted by Crippen LogP contribution is -2.12. The van der Waals surface area contributed by atoms with Crippen LogP contribution in [0.3, 0.4) is 0 Å². The van der Waals surface area contributed by atoms with Crippen LogP contribution in [-0.4, -0.2) is 33.0 Å². The molecule has 0 atom stereocenters. The van der Waals surface area contributed by atoms with Crippen molar-refractivity contribution in [3.8, 4) is 5.75 Å². The van der Waals surface area contributed by atoms with Gasteiger partial charge in [-0.25, -0.2) is 0 Å². The van der Waals surface area contributed by atoms with Crippen molar-refractivity contribution in [2.24, 2.45) is 0 Å². The Hall–Kier alpha value is -2.28. The van der Waals surface area contributed by atoms with Crippen molar-refractivity contribution in [2.45, 2.75) is 32.0 Å². The van der Waals surface area contributed by atoms with Gasteiger partial charge in [-0.2, -0.15) is 0 Å². The van der Waals surface area contributed by atoms with Crippen LogP contribution >= 0.6 is 11.8 Å².